The van der Waals surface area contributed by atoms with E-state index < -0.39 is 0 Å². The Morgan fingerprint density at radius 3 is 2.89 bits per heavy atom. The Kier molecular flexibility index (Phi) is 6.24. The van der Waals surface area contributed by atoms with Crippen LogP contribution >= 0.6 is 34.7 Å². The maximum atomic E-state index is 5.89. The van der Waals surface area contributed by atoms with Gasteiger partial charge in [0.05, 0.1) is 4.34 Å². The van der Waals surface area contributed by atoms with Crippen molar-refractivity contribution in [3.8, 4) is 0 Å². The fourth-order valence-electron chi connectivity index (χ4n) is 1.79. The molecule has 102 valence electrons. The number of thiophene rings is 1. The molecule has 0 amide bonds. The lowest BCUT2D eigenvalue weighted by Crippen LogP contribution is -2.15. The van der Waals surface area contributed by atoms with E-state index in [1.807, 2.05) is 17.8 Å². The molecule has 0 aliphatic heterocycles. The van der Waals surface area contributed by atoms with Crippen LogP contribution < -0.4 is 5.32 Å². The van der Waals surface area contributed by atoms with Crippen LogP contribution in [-0.2, 0) is 12.3 Å². The number of aryl methyl sites for hydroxylation is 1. The Labute approximate surface area is 128 Å². The van der Waals surface area contributed by atoms with Crippen LogP contribution in [0.5, 0.6) is 0 Å². The monoisotopic (exact) mass is 311 g/mol. The highest BCUT2D eigenvalue weighted by Crippen LogP contribution is 2.21. The zero-order chi connectivity index (χ0) is 13.5. The van der Waals surface area contributed by atoms with E-state index in [0.717, 1.165) is 28.9 Å². The smallest absolute Gasteiger partial charge is 0.0931 e. The van der Waals surface area contributed by atoms with Gasteiger partial charge in [-0.15, -0.1) is 11.3 Å². The lowest BCUT2D eigenvalue weighted by molar-refractivity contribution is 0.741. The maximum absolute atomic E-state index is 5.89. The normalized spacial score (nSPS) is 10.8. The Bertz CT molecular complexity index is 510. The average Bonchev–Trinajstić information content (AvgIpc) is 2.79. The first-order valence-corrected chi connectivity index (χ1v) is 8.67. The highest BCUT2D eigenvalue weighted by atomic mass is 35.5. The van der Waals surface area contributed by atoms with Gasteiger partial charge >= 0.3 is 0 Å². The Morgan fingerprint density at radius 1 is 1.26 bits per heavy atom. The number of benzene rings is 1. The molecule has 4 heteroatoms. The molecule has 0 saturated heterocycles. The van der Waals surface area contributed by atoms with E-state index in [9.17, 15) is 0 Å². The first kappa shape index (κ1) is 14.9. The molecule has 0 aliphatic carbocycles. The molecule has 0 spiro atoms. The van der Waals surface area contributed by atoms with Crippen LogP contribution in [0.25, 0.3) is 0 Å². The third-order valence-corrected chi connectivity index (χ3v) is 4.96. The molecular formula is C15H18ClNS2. The summed E-state index contributed by atoms with van der Waals surface area (Å²) in [6, 6.07) is 12.8. The molecular weight excluding hydrogens is 294 g/mol. The van der Waals surface area contributed by atoms with Crippen molar-refractivity contribution in [3.05, 3.63) is 56.7 Å². The fourth-order valence-corrected chi connectivity index (χ4v) is 3.70. The molecule has 1 aromatic heterocycles. The van der Waals surface area contributed by atoms with Gasteiger partial charge in [-0.3, -0.25) is 0 Å². The van der Waals surface area contributed by atoms with Gasteiger partial charge in [0.15, 0.2) is 0 Å². The molecule has 19 heavy (non-hydrogen) atoms. The highest BCUT2D eigenvalue weighted by molar-refractivity contribution is 7.98. The lowest BCUT2D eigenvalue weighted by atomic mass is 10.2. The van der Waals surface area contributed by atoms with Gasteiger partial charge in [-0.05, 0) is 24.6 Å². The molecule has 0 fully saturated rings. The second-order valence-electron chi connectivity index (χ2n) is 4.42. The second-order valence-corrected chi connectivity index (χ2v) is 7.33. The molecule has 2 rings (SSSR count). The van der Waals surface area contributed by atoms with Crippen molar-refractivity contribution < 1.29 is 0 Å². The minimum atomic E-state index is 0.866. The first-order chi connectivity index (χ1) is 9.24. The maximum Gasteiger partial charge on any atom is 0.0931 e. The van der Waals surface area contributed by atoms with Gasteiger partial charge in [0.25, 0.3) is 0 Å². The zero-order valence-electron chi connectivity index (χ0n) is 11.0. The summed E-state index contributed by atoms with van der Waals surface area (Å²) in [4.78, 5) is 1.30. The van der Waals surface area contributed by atoms with Gasteiger partial charge in [-0.1, -0.05) is 41.4 Å². The van der Waals surface area contributed by atoms with E-state index >= 15 is 0 Å². The van der Waals surface area contributed by atoms with Crippen molar-refractivity contribution in [1.29, 1.82) is 0 Å². The Balaban J connectivity index is 1.57. The number of halogens is 1. The third-order valence-electron chi connectivity index (χ3n) is 2.70. The number of rotatable bonds is 7. The van der Waals surface area contributed by atoms with Gasteiger partial charge in [0, 0.05) is 29.5 Å². The van der Waals surface area contributed by atoms with Gasteiger partial charge in [0.1, 0.15) is 0 Å². The van der Waals surface area contributed by atoms with Crippen LogP contribution in [0.4, 0.5) is 0 Å². The molecule has 1 N–H and O–H groups in total. The number of hydrogen-bond donors (Lipinski definition) is 1. The van der Waals surface area contributed by atoms with Crippen LogP contribution in [0.3, 0.4) is 0 Å². The van der Waals surface area contributed by atoms with Gasteiger partial charge in [-0.25, -0.2) is 0 Å². The molecule has 1 nitrogen and oxygen atoms in total. The van der Waals surface area contributed by atoms with E-state index in [1.54, 1.807) is 11.3 Å². The molecule has 1 heterocycles. The topological polar surface area (TPSA) is 12.0 Å². The van der Waals surface area contributed by atoms with Crippen molar-refractivity contribution in [2.75, 3.05) is 12.3 Å². The molecule has 0 radical (unpaired) electrons. The zero-order valence-corrected chi connectivity index (χ0v) is 13.4. The predicted molar refractivity (Wildman–Crippen MR) is 88.4 cm³/mol. The van der Waals surface area contributed by atoms with Crippen molar-refractivity contribution >= 4 is 34.7 Å². The number of nitrogens with one attached hydrogen (secondary N) is 1. The van der Waals surface area contributed by atoms with E-state index in [2.05, 4.69) is 42.6 Å². The van der Waals surface area contributed by atoms with Gasteiger partial charge in [-0.2, -0.15) is 11.8 Å². The van der Waals surface area contributed by atoms with Crippen molar-refractivity contribution in [2.24, 2.45) is 0 Å². The predicted octanol–water partition coefficient (Wildman–Crippen LogP) is 4.73. The average molecular weight is 312 g/mol. The first-order valence-electron chi connectivity index (χ1n) is 6.32. The summed E-state index contributed by atoms with van der Waals surface area (Å²) in [5.74, 6) is 2.22. The van der Waals surface area contributed by atoms with Crippen LogP contribution in [0.15, 0.2) is 36.4 Å². The molecule has 0 bridgehead atoms. The minimum Gasteiger partial charge on any atom is -0.311 e. The summed E-state index contributed by atoms with van der Waals surface area (Å²) in [5, 5.41) is 3.44. The molecule has 0 unspecified atom stereocenters. The number of thioether (sulfide) groups is 1. The summed E-state index contributed by atoms with van der Waals surface area (Å²) in [6.45, 7) is 4.09. The van der Waals surface area contributed by atoms with Crippen LogP contribution in [0.2, 0.25) is 4.34 Å². The lowest BCUT2D eigenvalue weighted by Gasteiger charge is -2.04. The number of hydrogen-bond acceptors (Lipinski definition) is 3. The Hall–Kier alpha value is -0.480. The van der Waals surface area contributed by atoms with E-state index in [0.29, 0.717) is 0 Å². The quantitative estimate of drug-likeness (QED) is 0.742. The van der Waals surface area contributed by atoms with Crippen molar-refractivity contribution in [3.63, 3.8) is 0 Å². The third kappa shape index (κ3) is 5.57. The fraction of sp³-hybridized carbons (Fsp3) is 0.333. The van der Waals surface area contributed by atoms with Crippen LogP contribution in [-0.4, -0.2) is 12.3 Å². The highest BCUT2D eigenvalue weighted by Gasteiger charge is 1.98. The van der Waals surface area contributed by atoms with E-state index in [1.165, 1.54) is 16.0 Å². The SMILES string of the molecule is Cc1cccc(CSCCNCc2ccc(Cl)s2)c1. The summed E-state index contributed by atoms with van der Waals surface area (Å²) in [7, 11) is 0. The summed E-state index contributed by atoms with van der Waals surface area (Å²) in [6.07, 6.45) is 0. The van der Waals surface area contributed by atoms with Crippen molar-refractivity contribution in [1.82, 2.24) is 5.32 Å². The van der Waals surface area contributed by atoms with Gasteiger partial charge < -0.3 is 5.32 Å². The summed E-state index contributed by atoms with van der Waals surface area (Å²) >= 11 is 9.51. The van der Waals surface area contributed by atoms with Crippen molar-refractivity contribution in [2.45, 2.75) is 19.2 Å². The molecule has 0 atom stereocenters. The molecule has 1 aromatic carbocycles. The van der Waals surface area contributed by atoms with Crippen LogP contribution in [0, 0.1) is 6.92 Å². The second kappa shape index (κ2) is 7.95. The van der Waals surface area contributed by atoms with Crippen LogP contribution in [0.1, 0.15) is 16.0 Å². The molecule has 2 aromatic rings. The summed E-state index contributed by atoms with van der Waals surface area (Å²) in [5.41, 5.74) is 2.75. The molecule has 0 saturated carbocycles. The largest absolute Gasteiger partial charge is 0.311 e. The molecule has 0 aliphatic rings. The summed E-state index contributed by atoms with van der Waals surface area (Å²) < 4.78 is 0.866. The standard InChI is InChI=1S/C15H18ClNS2/c1-12-3-2-4-13(9-12)11-18-8-7-17-10-14-5-6-15(16)19-14/h2-6,9,17H,7-8,10-11H2,1H3. The van der Waals surface area contributed by atoms with E-state index in [-0.39, 0.29) is 0 Å². The Morgan fingerprint density at radius 2 is 2.16 bits per heavy atom. The minimum absolute atomic E-state index is 0.866. The van der Waals surface area contributed by atoms with Gasteiger partial charge in [0.2, 0.25) is 0 Å². The van der Waals surface area contributed by atoms with E-state index in [4.69, 9.17) is 11.6 Å².